The number of aliphatic hydroxyl groups is 1. The topological polar surface area (TPSA) is 84.9 Å². The van der Waals surface area contributed by atoms with Crippen LogP contribution in [0.5, 0.6) is 0 Å². The Bertz CT molecular complexity index is 634. The van der Waals surface area contributed by atoms with Crippen LogP contribution in [-0.2, 0) is 0 Å². The molecule has 0 aliphatic heterocycles. The van der Waals surface area contributed by atoms with E-state index in [0.29, 0.717) is 27.1 Å². The number of nitrogens with zero attached hydrogens (tertiary/aromatic N) is 3. The first-order valence-electron chi connectivity index (χ1n) is 6.04. The lowest BCUT2D eigenvalue weighted by atomic mass is 10.1. The molecule has 3 N–H and O–H groups in total. The van der Waals surface area contributed by atoms with Crippen molar-refractivity contribution in [1.82, 2.24) is 15.2 Å². The van der Waals surface area contributed by atoms with Crippen LogP contribution in [0.3, 0.4) is 0 Å². The van der Waals surface area contributed by atoms with E-state index in [-0.39, 0.29) is 11.7 Å². The molecule has 0 saturated heterocycles. The zero-order chi connectivity index (χ0) is 14.9. The number of halogens is 2. The maximum atomic E-state index is 9.54. The normalized spacial score (nSPS) is 14.1. The van der Waals surface area contributed by atoms with Gasteiger partial charge in [0.25, 0.3) is 0 Å². The molecule has 0 amide bonds. The average molecular weight is 313 g/mol. The zero-order valence-electron chi connectivity index (χ0n) is 11.0. The minimum atomic E-state index is -0.586. The summed E-state index contributed by atoms with van der Waals surface area (Å²) in [5.41, 5.74) is 6.86. The van der Waals surface area contributed by atoms with Crippen LogP contribution in [0.15, 0.2) is 18.2 Å². The van der Waals surface area contributed by atoms with Crippen molar-refractivity contribution < 1.29 is 5.11 Å². The van der Waals surface area contributed by atoms with E-state index in [9.17, 15) is 5.11 Å². The van der Waals surface area contributed by atoms with Crippen LogP contribution in [0.25, 0.3) is 11.3 Å². The molecule has 0 spiro atoms. The van der Waals surface area contributed by atoms with Gasteiger partial charge in [0.15, 0.2) is 11.6 Å². The molecule has 1 aromatic heterocycles. The fourth-order valence-electron chi connectivity index (χ4n) is 1.64. The lowest BCUT2D eigenvalue weighted by molar-refractivity contribution is 0.165. The monoisotopic (exact) mass is 312 g/mol. The number of benzene rings is 1. The molecule has 0 aliphatic carbocycles. The summed E-state index contributed by atoms with van der Waals surface area (Å²) in [6.45, 7) is 3.46. The molecule has 106 valence electrons. The number of hydrogen-bond donors (Lipinski definition) is 2. The number of rotatable bonds is 3. The van der Waals surface area contributed by atoms with E-state index in [2.05, 4.69) is 15.2 Å². The molecule has 7 heteroatoms. The Morgan fingerprint density at radius 1 is 1.20 bits per heavy atom. The Hall–Kier alpha value is -1.43. The molecule has 0 bridgehead atoms. The molecule has 2 aromatic rings. The maximum Gasteiger partial charge on any atom is 0.158 e. The molecule has 5 nitrogen and oxygen atoms in total. The van der Waals surface area contributed by atoms with Crippen molar-refractivity contribution in [2.45, 2.75) is 25.9 Å². The van der Waals surface area contributed by atoms with Gasteiger partial charge in [0.1, 0.15) is 5.69 Å². The van der Waals surface area contributed by atoms with Crippen LogP contribution in [0.4, 0.5) is 5.82 Å². The maximum absolute atomic E-state index is 9.54. The summed E-state index contributed by atoms with van der Waals surface area (Å²) < 4.78 is 0. The van der Waals surface area contributed by atoms with Crippen LogP contribution >= 0.6 is 23.2 Å². The van der Waals surface area contributed by atoms with Crippen LogP contribution in [-0.4, -0.2) is 26.4 Å². The Balaban J connectivity index is 2.47. The van der Waals surface area contributed by atoms with E-state index in [0.717, 1.165) is 0 Å². The van der Waals surface area contributed by atoms with Crippen LogP contribution in [0.1, 0.15) is 25.6 Å². The second kappa shape index (κ2) is 5.91. The summed E-state index contributed by atoms with van der Waals surface area (Å²) in [6.07, 6.45) is -0.586. The van der Waals surface area contributed by atoms with Crippen molar-refractivity contribution in [3.8, 4) is 11.3 Å². The SMILES string of the molecule is CC(O)C(C)c1nnc(-c2cccc(Cl)c2Cl)c(N)n1. The molecule has 0 fully saturated rings. The zero-order valence-corrected chi connectivity index (χ0v) is 12.5. The van der Waals surface area contributed by atoms with Gasteiger partial charge in [-0.15, -0.1) is 10.2 Å². The van der Waals surface area contributed by atoms with Gasteiger partial charge in [-0.3, -0.25) is 0 Å². The predicted octanol–water partition coefficient (Wildman–Crippen LogP) is 2.91. The van der Waals surface area contributed by atoms with Crippen LogP contribution in [0.2, 0.25) is 10.0 Å². The van der Waals surface area contributed by atoms with Crippen molar-refractivity contribution in [2.24, 2.45) is 0 Å². The molecule has 2 unspecified atom stereocenters. The van der Waals surface area contributed by atoms with Crippen LogP contribution < -0.4 is 5.73 Å². The lowest BCUT2D eigenvalue weighted by Crippen LogP contribution is -2.16. The molecule has 0 radical (unpaired) electrons. The van der Waals surface area contributed by atoms with Gasteiger partial charge < -0.3 is 10.8 Å². The minimum absolute atomic E-state index is 0.201. The van der Waals surface area contributed by atoms with Gasteiger partial charge in [-0.1, -0.05) is 42.3 Å². The summed E-state index contributed by atoms with van der Waals surface area (Å²) in [7, 11) is 0. The Labute approximate surface area is 126 Å². The molecular weight excluding hydrogens is 299 g/mol. The molecular formula is C13H14Cl2N4O. The Morgan fingerprint density at radius 3 is 2.50 bits per heavy atom. The van der Waals surface area contributed by atoms with Gasteiger partial charge in [0, 0.05) is 11.5 Å². The third-order valence-electron chi connectivity index (χ3n) is 3.07. The van der Waals surface area contributed by atoms with Crippen molar-refractivity contribution >= 4 is 29.0 Å². The summed E-state index contributed by atoms with van der Waals surface area (Å²) >= 11 is 12.1. The first-order valence-corrected chi connectivity index (χ1v) is 6.80. The second-order valence-corrected chi connectivity index (χ2v) is 5.32. The first kappa shape index (κ1) is 15.0. The van der Waals surface area contributed by atoms with E-state index in [4.69, 9.17) is 28.9 Å². The molecule has 2 rings (SSSR count). The van der Waals surface area contributed by atoms with Crippen molar-refractivity contribution in [1.29, 1.82) is 0 Å². The summed E-state index contributed by atoms with van der Waals surface area (Å²) in [6, 6.07) is 5.17. The Kier molecular flexibility index (Phi) is 4.42. The number of nitrogens with two attached hydrogens (primary N) is 1. The van der Waals surface area contributed by atoms with E-state index >= 15 is 0 Å². The number of hydrogen-bond acceptors (Lipinski definition) is 5. The summed E-state index contributed by atoms with van der Waals surface area (Å²) in [4.78, 5) is 4.18. The van der Waals surface area contributed by atoms with Gasteiger partial charge in [-0.2, -0.15) is 0 Å². The highest BCUT2D eigenvalue weighted by molar-refractivity contribution is 6.43. The fourth-order valence-corrected chi connectivity index (χ4v) is 2.03. The van der Waals surface area contributed by atoms with Gasteiger partial charge in [0.2, 0.25) is 0 Å². The number of aromatic nitrogens is 3. The molecule has 20 heavy (non-hydrogen) atoms. The van der Waals surface area contributed by atoms with E-state index in [1.165, 1.54) is 0 Å². The largest absolute Gasteiger partial charge is 0.393 e. The minimum Gasteiger partial charge on any atom is -0.393 e. The molecule has 1 heterocycles. The highest BCUT2D eigenvalue weighted by Gasteiger charge is 2.19. The smallest absolute Gasteiger partial charge is 0.158 e. The van der Waals surface area contributed by atoms with E-state index < -0.39 is 6.10 Å². The van der Waals surface area contributed by atoms with E-state index in [1.807, 2.05) is 0 Å². The first-order chi connectivity index (χ1) is 9.41. The van der Waals surface area contributed by atoms with Gasteiger partial charge in [-0.25, -0.2) is 4.98 Å². The third-order valence-corrected chi connectivity index (χ3v) is 3.89. The molecule has 0 aliphatic rings. The highest BCUT2D eigenvalue weighted by atomic mass is 35.5. The fraction of sp³-hybridized carbons (Fsp3) is 0.308. The Morgan fingerprint density at radius 2 is 1.90 bits per heavy atom. The molecule has 2 atom stereocenters. The number of anilines is 1. The number of nitrogen functional groups attached to an aromatic ring is 1. The van der Waals surface area contributed by atoms with Crippen molar-refractivity contribution in [3.63, 3.8) is 0 Å². The molecule has 1 aromatic carbocycles. The number of aliphatic hydroxyl groups excluding tert-OH is 1. The molecule has 0 saturated carbocycles. The summed E-state index contributed by atoms with van der Waals surface area (Å²) in [5.74, 6) is 0.333. The average Bonchev–Trinajstić information content (AvgIpc) is 2.41. The second-order valence-electron chi connectivity index (χ2n) is 4.53. The van der Waals surface area contributed by atoms with Gasteiger partial charge >= 0.3 is 0 Å². The van der Waals surface area contributed by atoms with E-state index in [1.54, 1.807) is 32.0 Å². The quantitative estimate of drug-likeness (QED) is 0.910. The highest BCUT2D eigenvalue weighted by Crippen LogP contribution is 2.34. The lowest BCUT2D eigenvalue weighted by Gasteiger charge is -2.14. The van der Waals surface area contributed by atoms with Crippen molar-refractivity contribution in [2.75, 3.05) is 5.73 Å². The predicted molar refractivity (Wildman–Crippen MR) is 79.8 cm³/mol. The van der Waals surface area contributed by atoms with Crippen LogP contribution in [0, 0.1) is 0 Å². The van der Waals surface area contributed by atoms with Gasteiger partial charge in [0.05, 0.1) is 16.1 Å². The standard InChI is InChI=1S/C13H14Cl2N4O/c1-6(7(2)20)13-17-12(16)11(18-19-13)8-4-3-5-9(14)10(8)15/h3-7,20H,1-2H3,(H2,16,17,19). The third kappa shape index (κ3) is 2.85. The van der Waals surface area contributed by atoms with Gasteiger partial charge in [-0.05, 0) is 13.0 Å². The summed E-state index contributed by atoms with van der Waals surface area (Å²) in [5, 5.41) is 18.4. The van der Waals surface area contributed by atoms with Crippen molar-refractivity contribution in [3.05, 3.63) is 34.1 Å².